The highest BCUT2D eigenvalue weighted by Gasteiger charge is 2.05. The van der Waals surface area contributed by atoms with Crippen molar-refractivity contribution in [3.63, 3.8) is 0 Å². The Balaban J connectivity index is 0.000000511. The molecule has 0 radical (unpaired) electrons. The van der Waals surface area contributed by atoms with Crippen LogP contribution >= 0.6 is 11.6 Å². The molecule has 0 fully saturated rings. The lowest BCUT2D eigenvalue weighted by Crippen LogP contribution is -2.02. The Kier molecular flexibility index (Phi) is 9.96. The molecule has 0 spiro atoms. The van der Waals surface area contributed by atoms with Crippen LogP contribution in [0.15, 0.2) is 36.9 Å². The number of ether oxygens (including phenoxy) is 1. The van der Waals surface area contributed by atoms with E-state index < -0.39 is 10.9 Å². The zero-order valence-electron chi connectivity index (χ0n) is 11.4. The molecule has 0 aliphatic carbocycles. The number of esters is 1. The number of hydrogen-bond acceptors (Lipinski definition) is 4. The van der Waals surface area contributed by atoms with Gasteiger partial charge in [-0.3, -0.25) is 10.1 Å². The first-order chi connectivity index (χ1) is 9.54. The standard InChI is InChI=1S/C9H7NO4.C5H11Cl/c1-2-9(11)14-8-5-3-7(4-6-8)10(12)13;1-2-3-4-5-6/h2-6H,1H2;2-5H2,1H3. The highest BCUT2D eigenvalue weighted by atomic mass is 35.5. The van der Waals surface area contributed by atoms with E-state index in [-0.39, 0.29) is 11.4 Å². The van der Waals surface area contributed by atoms with E-state index in [2.05, 4.69) is 13.5 Å². The van der Waals surface area contributed by atoms with Crippen LogP contribution in [0, 0.1) is 10.1 Å². The number of unbranched alkanes of at least 4 members (excludes halogenated alkanes) is 2. The Morgan fingerprint density at radius 3 is 2.35 bits per heavy atom. The van der Waals surface area contributed by atoms with E-state index in [1.54, 1.807) is 0 Å². The number of non-ortho nitro benzene ring substituents is 1. The first-order valence-corrected chi connectivity index (χ1v) is 6.73. The average molecular weight is 300 g/mol. The van der Waals surface area contributed by atoms with Crippen LogP contribution in [0.5, 0.6) is 5.75 Å². The number of nitro groups is 1. The van der Waals surface area contributed by atoms with E-state index in [0.717, 1.165) is 12.0 Å². The fourth-order valence-corrected chi connectivity index (χ4v) is 1.33. The number of benzene rings is 1. The average Bonchev–Trinajstić information content (AvgIpc) is 2.46. The smallest absolute Gasteiger partial charge is 0.335 e. The minimum Gasteiger partial charge on any atom is -0.423 e. The third-order valence-corrected chi connectivity index (χ3v) is 2.44. The molecule has 0 bridgehead atoms. The predicted molar refractivity (Wildman–Crippen MR) is 79.2 cm³/mol. The van der Waals surface area contributed by atoms with E-state index in [1.165, 1.54) is 43.5 Å². The molecule has 0 heterocycles. The molecule has 0 aromatic heterocycles. The van der Waals surface area contributed by atoms with Crippen LogP contribution in [-0.2, 0) is 4.79 Å². The maximum atomic E-state index is 10.7. The Morgan fingerprint density at radius 2 is 2.00 bits per heavy atom. The largest absolute Gasteiger partial charge is 0.423 e. The Labute approximate surface area is 123 Å². The molecule has 0 aliphatic heterocycles. The summed E-state index contributed by atoms with van der Waals surface area (Å²) in [5.74, 6) is 0.479. The molecule has 0 saturated carbocycles. The summed E-state index contributed by atoms with van der Waals surface area (Å²) in [4.78, 5) is 20.5. The molecule has 0 atom stereocenters. The Hall–Kier alpha value is -1.88. The molecule has 0 aliphatic rings. The summed E-state index contributed by atoms with van der Waals surface area (Å²) in [5.41, 5.74) is -0.0524. The van der Waals surface area contributed by atoms with E-state index >= 15 is 0 Å². The minimum absolute atomic E-state index is 0.0524. The second kappa shape index (κ2) is 11.0. The molecule has 0 amide bonds. The first-order valence-electron chi connectivity index (χ1n) is 6.19. The van der Waals surface area contributed by atoms with Crippen LogP contribution in [0.1, 0.15) is 26.2 Å². The highest BCUT2D eigenvalue weighted by Crippen LogP contribution is 2.17. The van der Waals surface area contributed by atoms with Crippen molar-refractivity contribution in [1.82, 2.24) is 0 Å². The van der Waals surface area contributed by atoms with E-state index in [1.807, 2.05) is 0 Å². The molecular formula is C14H18ClNO4. The van der Waals surface area contributed by atoms with Gasteiger partial charge in [0.2, 0.25) is 0 Å². The lowest BCUT2D eigenvalue weighted by Gasteiger charge is -1.99. The van der Waals surface area contributed by atoms with Gasteiger partial charge in [0, 0.05) is 24.1 Å². The van der Waals surface area contributed by atoms with Gasteiger partial charge in [-0.15, -0.1) is 11.6 Å². The van der Waals surface area contributed by atoms with Crippen molar-refractivity contribution in [2.24, 2.45) is 0 Å². The lowest BCUT2D eigenvalue weighted by molar-refractivity contribution is -0.384. The molecule has 1 rings (SSSR count). The second-order valence-corrected chi connectivity index (χ2v) is 4.15. The normalized spacial score (nSPS) is 9.10. The van der Waals surface area contributed by atoms with Crippen molar-refractivity contribution in [3.05, 3.63) is 47.0 Å². The van der Waals surface area contributed by atoms with Gasteiger partial charge in [0.1, 0.15) is 5.75 Å². The van der Waals surface area contributed by atoms with Crippen LogP contribution in [0.3, 0.4) is 0 Å². The number of nitrogens with zero attached hydrogens (tertiary/aromatic N) is 1. The summed E-state index contributed by atoms with van der Waals surface area (Å²) in [6.07, 6.45) is 4.75. The molecule has 0 saturated heterocycles. The van der Waals surface area contributed by atoms with E-state index in [0.29, 0.717) is 0 Å². The van der Waals surface area contributed by atoms with Crippen molar-refractivity contribution < 1.29 is 14.5 Å². The molecule has 6 heteroatoms. The number of rotatable bonds is 6. The second-order valence-electron chi connectivity index (χ2n) is 3.77. The number of carbonyl (C=O) groups is 1. The topological polar surface area (TPSA) is 69.4 Å². The van der Waals surface area contributed by atoms with Crippen LogP contribution in [0.4, 0.5) is 5.69 Å². The monoisotopic (exact) mass is 299 g/mol. The third-order valence-electron chi connectivity index (χ3n) is 2.17. The maximum absolute atomic E-state index is 10.7. The maximum Gasteiger partial charge on any atom is 0.335 e. The minimum atomic E-state index is -0.598. The van der Waals surface area contributed by atoms with Gasteiger partial charge in [-0.05, 0) is 18.6 Å². The van der Waals surface area contributed by atoms with Crippen LogP contribution in [0.25, 0.3) is 0 Å². The molecule has 1 aromatic rings. The summed E-state index contributed by atoms with van der Waals surface area (Å²) < 4.78 is 4.72. The predicted octanol–water partition coefficient (Wildman–Crippen LogP) is 4.10. The van der Waals surface area contributed by atoms with Crippen LogP contribution in [0.2, 0.25) is 0 Å². The quantitative estimate of drug-likeness (QED) is 0.151. The fourth-order valence-electron chi connectivity index (χ4n) is 1.14. The summed E-state index contributed by atoms with van der Waals surface area (Å²) in [6.45, 7) is 5.39. The zero-order chi connectivity index (χ0) is 15.4. The van der Waals surface area contributed by atoms with Crippen LogP contribution < -0.4 is 4.74 Å². The summed E-state index contributed by atoms with van der Waals surface area (Å²) in [5, 5.41) is 10.3. The number of hydrogen-bond donors (Lipinski definition) is 0. The van der Waals surface area contributed by atoms with Gasteiger partial charge in [-0.25, -0.2) is 4.79 Å². The van der Waals surface area contributed by atoms with Gasteiger partial charge in [0.05, 0.1) is 4.92 Å². The number of carbonyl (C=O) groups excluding carboxylic acids is 1. The van der Waals surface area contributed by atoms with E-state index in [9.17, 15) is 14.9 Å². The van der Waals surface area contributed by atoms with Crippen LogP contribution in [-0.4, -0.2) is 16.8 Å². The number of nitro benzene ring substituents is 1. The molecule has 20 heavy (non-hydrogen) atoms. The summed E-state index contributed by atoms with van der Waals surface area (Å²) in [6, 6.07) is 5.20. The Bertz CT molecular complexity index is 427. The first kappa shape index (κ1) is 18.1. The van der Waals surface area contributed by atoms with Crippen molar-refractivity contribution in [2.75, 3.05) is 5.88 Å². The molecule has 5 nitrogen and oxygen atoms in total. The van der Waals surface area contributed by atoms with Gasteiger partial charge < -0.3 is 4.74 Å². The fraction of sp³-hybridized carbons (Fsp3) is 0.357. The molecule has 0 unspecified atom stereocenters. The molecule has 0 N–H and O–H groups in total. The number of halogens is 1. The molecular weight excluding hydrogens is 282 g/mol. The summed E-state index contributed by atoms with van der Waals surface area (Å²) >= 11 is 5.38. The van der Waals surface area contributed by atoms with Crippen molar-refractivity contribution in [1.29, 1.82) is 0 Å². The van der Waals surface area contributed by atoms with Gasteiger partial charge in [0.15, 0.2) is 0 Å². The van der Waals surface area contributed by atoms with Crippen molar-refractivity contribution in [2.45, 2.75) is 26.2 Å². The third kappa shape index (κ3) is 8.26. The van der Waals surface area contributed by atoms with Crippen molar-refractivity contribution in [3.8, 4) is 5.75 Å². The van der Waals surface area contributed by atoms with Gasteiger partial charge in [-0.1, -0.05) is 26.3 Å². The lowest BCUT2D eigenvalue weighted by atomic mass is 10.3. The zero-order valence-corrected chi connectivity index (χ0v) is 12.1. The van der Waals surface area contributed by atoms with Crippen molar-refractivity contribution >= 4 is 23.3 Å². The van der Waals surface area contributed by atoms with Gasteiger partial charge in [-0.2, -0.15) is 0 Å². The Morgan fingerprint density at radius 1 is 1.40 bits per heavy atom. The SMILES string of the molecule is C=CC(=O)Oc1ccc([N+](=O)[O-])cc1.CCCCCCl. The highest BCUT2D eigenvalue weighted by molar-refractivity contribution is 6.17. The molecule has 1 aromatic carbocycles. The number of alkyl halides is 1. The molecule has 110 valence electrons. The van der Waals surface area contributed by atoms with Gasteiger partial charge >= 0.3 is 5.97 Å². The van der Waals surface area contributed by atoms with Gasteiger partial charge in [0.25, 0.3) is 5.69 Å². The summed E-state index contributed by atoms with van der Waals surface area (Å²) in [7, 11) is 0. The van der Waals surface area contributed by atoms with E-state index in [4.69, 9.17) is 16.3 Å².